The highest BCUT2D eigenvalue weighted by atomic mass is 16.5. The van der Waals surface area contributed by atoms with Crippen molar-refractivity contribution in [3.05, 3.63) is 35.4 Å². The standard InChI is InChI=1S/C12H19NO2/c1-10-3-5-11(6-4-10)7-13-8-12(14)9-15-2/h3-6,12-14H,7-9H2,1-2H3. The summed E-state index contributed by atoms with van der Waals surface area (Å²) in [5.74, 6) is 0. The fraction of sp³-hybridized carbons (Fsp3) is 0.500. The minimum Gasteiger partial charge on any atom is -0.389 e. The first-order valence-corrected chi connectivity index (χ1v) is 5.15. The highest BCUT2D eigenvalue weighted by Crippen LogP contribution is 2.02. The quantitative estimate of drug-likeness (QED) is 0.737. The third kappa shape index (κ3) is 4.93. The molecule has 84 valence electrons. The first-order chi connectivity index (χ1) is 7.22. The molecule has 2 N–H and O–H groups in total. The van der Waals surface area contributed by atoms with Crippen LogP contribution in [0.4, 0.5) is 0 Å². The number of aliphatic hydroxyl groups excluding tert-OH is 1. The Labute approximate surface area is 91.1 Å². The molecule has 0 spiro atoms. The normalized spacial score (nSPS) is 12.7. The Morgan fingerprint density at radius 2 is 2.00 bits per heavy atom. The molecule has 0 saturated heterocycles. The van der Waals surface area contributed by atoms with Crippen LogP contribution >= 0.6 is 0 Å². The molecule has 3 heteroatoms. The highest BCUT2D eigenvalue weighted by molar-refractivity contribution is 5.20. The summed E-state index contributed by atoms with van der Waals surface area (Å²) in [4.78, 5) is 0. The van der Waals surface area contributed by atoms with Crippen molar-refractivity contribution in [3.8, 4) is 0 Å². The fourth-order valence-corrected chi connectivity index (χ4v) is 1.34. The molecule has 1 aromatic carbocycles. The van der Waals surface area contributed by atoms with E-state index in [-0.39, 0.29) is 0 Å². The lowest BCUT2D eigenvalue weighted by molar-refractivity contribution is 0.0644. The Morgan fingerprint density at radius 3 is 2.60 bits per heavy atom. The van der Waals surface area contributed by atoms with Crippen molar-refractivity contribution in [1.29, 1.82) is 0 Å². The largest absolute Gasteiger partial charge is 0.389 e. The molecule has 0 saturated carbocycles. The maximum atomic E-state index is 9.38. The van der Waals surface area contributed by atoms with Crippen molar-refractivity contribution in [2.24, 2.45) is 0 Å². The number of methoxy groups -OCH3 is 1. The first kappa shape index (κ1) is 12.2. The SMILES string of the molecule is COCC(O)CNCc1ccc(C)cc1. The summed E-state index contributed by atoms with van der Waals surface area (Å²) in [6, 6.07) is 8.35. The Balaban J connectivity index is 2.22. The Bertz CT molecular complexity index is 271. The monoisotopic (exact) mass is 209 g/mol. The second-order valence-electron chi connectivity index (χ2n) is 3.73. The van der Waals surface area contributed by atoms with E-state index in [1.165, 1.54) is 11.1 Å². The van der Waals surface area contributed by atoms with Crippen LogP contribution in [0.1, 0.15) is 11.1 Å². The summed E-state index contributed by atoms with van der Waals surface area (Å²) >= 11 is 0. The number of benzene rings is 1. The van der Waals surface area contributed by atoms with Gasteiger partial charge in [0, 0.05) is 20.2 Å². The van der Waals surface area contributed by atoms with Crippen molar-refractivity contribution in [2.75, 3.05) is 20.3 Å². The zero-order valence-corrected chi connectivity index (χ0v) is 9.36. The molecule has 0 amide bonds. The second kappa shape index (κ2) is 6.56. The predicted molar refractivity (Wildman–Crippen MR) is 60.8 cm³/mol. The summed E-state index contributed by atoms with van der Waals surface area (Å²) in [7, 11) is 1.59. The lowest BCUT2D eigenvalue weighted by Crippen LogP contribution is -2.29. The number of ether oxygens (including phenoxy) is 1. The number of aryl methyl sites for hydroxylation is 1. The zero-order valence-electron chi connectivity index (χ0n) is 9.36. The highest BCUT2D eigenvalue weighted by Gasteiger charge is 2.01. The molecule has 3 nitrogen and oxygen atoms in total. The van der Waals surface area contributed by atoms with Gasteiger partial charge in [-0.1, -0.05) is 29.8 Å². The van der Waals surface area contributed by atoms with Gasteiger partial charge in [0.25, 0.3) is 0 Å². The molecule has 0 aliphatic carbocycles. The van der Waals surface area contributed by atoms with Gasteiger partial charge in [0.15, 0.2) is 0 Å². The molecule has 0 heterocycles. The third-order valence-electron chi connectivity index (χ3n) is 2.19. The van der Waals surface area contributed by atoms with Crippen LogP contribution < -0.4 is 5.32 Å². The van der Waals surface area contributed by atoms with Crippen molar-refractivity contribution in [2.45, 2.75) is 19.6 Å². The summed E-state index contributed by atoms with van der Waals surface area (Å²) in [6.45, 7) is 3.78. The second-order valence-corrected chi connectivity index (χ2v) is 3.73. The van der Waals surface area contributed by atoms with Crippen LogP contribution in [-0.2, 0) is 11.3 Å². The maximum absolute atomic E-state index is 9.38. The van der Waals surface area contributed by atoms with E-state index in [4.69, 9.17) is 4.74 Å². The molecule has 1 atom stereocenters. The maximum Gasteiger partial charge on any atom is 0.0897 e. The first-order valence-electron chi connectivity index (χ1n) is 5.15. The minimum atomic E-state index is -0.430. The predicted octanol–water partition coefficient (Wildman–Crippen LogP) is 1.09. The van der Waals surface area contributed by atoms with Crippen LogP contribution in [0.2, 0.25) is 0 Å². The molecule has 1 aromatic rings. The van der Waals surface area contributed by atoms with E-state index in [2.05, 4.69) is 36.5 Å². The number of hydrogen-bond donors (Lipinski definition) is 2. The molecule has 0 aromatic heterocycles. The molecule has 0 aliphatic heterocycles. The van der Waals surface area contributed by atoms with Gasteiger partial charge >= 0.3 is 0 Å². The van der Waals surface area contributed by atoms with Crippen LogP contribution in [0.3, 0.4) is 0 Å². The van der Waals surface area contributed by atoms with Gasteiger partial charge in [0.2, 0.25) is 0 Å². The minimum absolute atomic E-state index is 0.376. The zero-order chi connectivity index (χ0) is 11.1. The Morgan fingerprint density at radius 1 is 1.33 bits per heavy atom. The van der Waals surface area contributed by atoms with Gasteiger partial charge in [0.1, 0.15) is 0 Å². The third-order valence-corrected chi connectivity index (χ3v) is 2.19. The number of aliphatic hydroxyl groups is 1. The molecule has 1 unspecified atom stereocenters. The van der Waals surface area contributed by atoms with E-state index in [0.29, 0.717) is 13.2 Å². The molecule has 0 radical (unpaired) electrons. The van der Waals surface area contributed by atoms with E-state index in [1.54, 1.807) is 7.11 Å². The van der Waals surface area contributed by atoms with E-state index in [0.717, 1.165) is 6.54 Å². The van der Waals surface area contributed by atoms with E-state index in [1.807, 2.05) is 0 Å². The molecule has 0 aliphatic rings. The Hall–Kier alpha value is -0.900. The van der Waals surface area contributed by atoms with Gasteiger partial charge in [-0.15, -0.1) is 0 Å². The number of hydrogen-bond acceptors (Lipinski definition) is 3. The van der Waals surface area contributed by atoms with Gasteiger partial charge in [-0.25, -0.2) is 0 Å². The van der Waals surface area contributed by atoms with E-state index >= 15 is 0 Å². The van der Waals surface area contributed by atoms with Crippen LogP contribution in [0.5, 0.6) is 0 Å². The molecule has 0 bridgehead atoms. The molecular weight excluding hydrogens is 190 g/mol. The summed E-state index contributed by atoms with van der Waals surface area (Å²) in [5, 5.41) is 12.6. The van der Waals surface area contributed by atoms with Crippen molar-refractivity contribution in [1.82, 2.24) is 5.32 Å². The average molecular weight is 209 g/mol. The summed E-state index contributed by atoms with van der Waals surface area (Å²) in [6.07, 6.45) is -0.430. The summed E-state index contributed by atoms with van der Waals surface area (Å²) < 4.78 is 4.83. The van der Waals surface area contributed by atoms with Crippen molar-refractivity contribution >= 4 is 0 Å². The van der Waals surface area contributed by atoms with Gasteiger partial charge in [-0.2, -0.15) is 0 Å². The van der Waals surface area contributed by atoms with Gasteiger partial charge in [-0.3, -0.25) is 0 Å². The fourth-order valence-electron chi connectivity index (χ4n) is 1.34. The average Bonchev–Trinajstić information content (AvgIpc) is 2.21. The number of nitrogens with one attached hydrogen (secondary N) is 1. The lowest BCUT2D eigenvalue weighted by Gasteiger charge is -2.10. The molecule has 15 heavy (non-hydrogen) atoms. The van der Waals surface area contributed by atoms with E-state index < -0.39 is 6.10 Å². The summed E-state index contributed by atoms with van der Waals surface area (Å²) in [5.41, 5.74) is 2.49. The van der Waals surface area contributed by atoms with Crippen LogP contribution in [0, 0.1) is 6.92 Å². The van der Waals surface area contributed by atoms with Gasteiger partial charge < -0.3 is 15.2 Å². The van der Waals surface area contributed by atoms with Crippen LogP contribution in [0.25, 0.3) is 0 Å². The van der Waals surface area contributed by atoms with Gasteiger partial charge in [-0.05, 0) is 12.5 Å². The molecule has 0 fully saturated rings. The lowest BCUT2D eigenvalue weighted by atomic mass is 10.1. The number of rotatable bonds is 6. The van der Waals surface area contributed by atoms with Crippen LogP contribution in [-0.4, -0.2) is 31.5 Å². The topological polar surface area (TPSA) is 41.5 Å². The Kier molecular flexibility index (Phi) is 5.32. The molecular formula is C12H19NO2. The van der Waals surface area contributed by atoms with Crippen molar-refractivity contribution in [3.63, 3.8) is 0 Å². The van der Waals surface area contributed by atoms with E-state index in [9.17, 15) is 5.11 Å². The van der Waals surface area contributed by atoms with Gasteiger partial charge in [0.05, 0.1) is 12.7 Å². The van der Waals surface area contributed by atoms with Crippen LogP contribution in [0.15, 0.2) is 24.3 Å². The molecule has 1 rings (SSSR count). The smallest absolute Gasteiger partial charge is 0.0897 e. The van der Waals surface area contributed by atoms with Crippen molar-refractivity contribution < 1.29 is 9.84 Å².